The normalized spacial score (nSPS) is 14.8. The minimum Gasteiger partial charge on any atom is -0.493 e. The lowest BCUT2D eigenvalue weighted by Gasteiger charge is -2.33. The number of hydrogen-bond acceptors (Lipinski definition) is 7. The number of rotatable bonds is 6. The number of fused-ring (bicyclic) bond motifs is 1. The second-order valence-corrected chi connectivity index (χ2v) is 11.2. The first-order valence-electron chi connectivity index (χ1n) is 12.2. The van der Waals surface area contributed by atoms with Crippen molar-refractivity contribution in [2.45, 2.75) is 51.8 Å². The molecule has 0 bridgehead atoms. The van der Waals surface area contributed by atoms with Crippen molar-refractivity contribution < 1.29 is 19.0 Å². The van der Waals surface area contributed by atoms with E-state index in [2.05, 4.69) is 5.32 Å². The van der Waals surface area contributed by atoms with E-state index in [1.54, 1.807) is 42.1 Å². The summed E-state index contributed by atoms with van der Waals surface area (Å²) in [6, 6.07) is 8.10. The van der Waals surface area contributed by atoms with Crippen LogP contribution in [0, 0.1) is 0 Å². The van der Waals surface area contributed by atoms with Crippen LogP contribution >= 0.6 is 11.3 Å². The number of ether oxygens (including phenoxy) is 3. The number of carbonyl (C=O) groups is 1. The Balaban J connectivity index is 1.49. The van der Waals surface area contributed by atoms with Crippen LogP contribution in [0.15, 0.2) is 35.3 Å². The molecule has 1 amide bonds. The molecule has 0 aliphatic carbocycles. The van der Waals surface area contributed by atoms with Gasteiger partial charge in [0.1, 0.15) is 5.60 Å². The van der Waals surface area contributed by atoms with Crippen LogP contribution in [-0.2, 0) is 18.3 Å². The van der Waals surface area contributed by atoms with Gasteiger partial charge in [-0.25, -0.2) is 4.79 Å². The van der Waals surface area contributed by atoms with Crippen LogP contribution in [0.5, 0.6) is 11.5 Å². The van der Waals surface area contributed by atoms with E-state index < -0.39 is 5.60 Å². The van der Waals surface area contributed by atoms with Gasteiger partial charge in [0.05, 0.1) is 19.6 Å². The fourth-order valence-corrected chi connectivity index (χ4v) is 5.57. The van der Waals surface area contributed by atoms with Gasteiger partial charge in [0, 0.05) is 54.1 Å². The average molecular weight is 514 g/mol. The Morgan fingerprint density at radius 2 is 1.81 bits per heavy atom. The highest BCUT2D eigenvalue weighted by atomic mass is 32.1. The molecule has 1 fully saturated rings. The van der Waals surface area contributed by atoms with Gasteiger partial charge in [-0.2, -0.15) is 0 Å². The van der Waals surface area contributed by atoms with Crippen molar-refractivity contribution in [3.63, 3.8) is 0 Å². The van der Waals surface area contributed by atoms with Crippen LogP contribution in [0.3, 0.4) is 0 Å². The molecule has 3 heterocycles. The number of benzene rings is 1. The standard InChI is InChI=1S/C27H35N3O5S/c1-27(2,3)35-26(32)30-11-9-18(10-12-30)28-15-19-14-20-24(36-19)21(16-29(4)25(20)31)17-7-8-22(33-5)23(13-17)34-6/h7-8,13-14,16,18,28H,9-12,15H2,1-6H3. The second-order valence-electron chi connectivity index (χ2n) is 10.1. The molecule has 1 aliphatic rings. The highest BCUT2D eigenvalue weighted by Gasteiger charge is 2.27. The summed E-state index contributed by atoms with van der Waals surface area (Å²) in [6.07, 6.45) is 3.36. The molecule has 0 spiro atoms. The molecule has 36 heavy (non-hydrogen) atoms. The number of piperidine rings is 1. The van der Waals surface area contributed by atoms with Gasteiger partial charge >= 0.3 is 6.09 Å². The topological polar surface area (TPSA) is 82.0 Å². The zero-order chi connectivity index (χ0) is 26.0. The molecule has 2 aromatic heterocycles. The number of nitrogens with one attached hydrogen (secondary N) is 1. The number of aryl methyl sites for hydroxylation is 1. The number of hydrogen-bond donors (Lipinski definition) is 1. The van der Waals surface area contributed by atoms with Crippen LogP contribution in [0.1, 0.15) is 38.5 Å². The maximum absolute atomic E-state index is 12.9. The van der Waals surface area contributed by atoms with E-state index in [1.807, 2.05) is 51.2 Å². The Morgan fingerprint density at radius 3 is 2.44 bits per heavy atom. The van der Waals surface area contributed by atoms with Gasteiger partial charge in [0.2, 0.25) is 0 Å². The first kappa shape index (κ1) is 26.0. The van der Waals surface area contributed by atoms with Crippen molar-refractivity contribution in [1.82, 2.24) is 14.8 Å². The van der Waals surface area contributed by atoms with Crippen molar-refractivity contribution in [3.05, 3.63) is 45.7 Å². The molecule has 0 radical (unpaired) electrons. The molecule has 1 aromatic carbocycles. The van der Waals surface area contributed by atoms with Gasteiger partial charge in [0.15, 0.2) is 11.5 Å². The van der Waals surface area contributed by atoms with Crippen LogP contribution in [0.4, 0.5) is 4.79 Å². The number of pyridine rings is 1. The minimum absolute atomic E-state index is 0.0117. The third kappa shape index (κ3) is 5.68. The fraction of sp³-hybridized carbons (Fsp3) is 0.481. The predicted molar refractivity (Wildman–Crippen MR) is 143 cm³/mol. The van der Waals surface area contributed by atoms with E-state index in [0.717, 1.165) is 33.5 Å². The van der Waals surface area contributed by atoms with Crippen LogP contribution in [0.2, 0.25) is 0 Å². The van der Waals surface area contributed by atoms with Crippen molar-refractivity contribution in [3.8, 4) is 22.6 Å². The zero-order valence-electron chi connectivity index (χ0n) is 21.8. The summed E-state index contributed by atoms with van der Waals surface area (Å²) in [5, 5.41) is 4.33. The maximum Gasteiger partial charge on any atom is 0.410 e. The highest BCUT2D eigenvalue weighted by molar-refractivity contribution is 7.19. The van der Waals surface area contributed by atoms with E-state index in [-0.39, 0.29) is 11.7 Å². The summed E-state index contributed by atoms with van der Waals surface area (Å²) in [5.41, 5.74) is 1.45. The summed E-state index contributed by atoms with van der Waals surface area (Å²) in [4.78, 5) is 28.1. The molecule has 0 atom stereocenters. The number of methoxy groups -OCH3 is 2. The van der Waals surface area contributed by atoms with Crippen molar-refractivity contribution in [1.29, 1.82) is 0 Å². The monoisotopic (exact) mass is 513 g/mol. The summed E-state index contributed by atoms with van der Waals surface area (Å²) >= 11 is 1.63. The van der Waals surface area contributed by atoms with Crippen molar-refractivity contribution in [2.75, 3.05) is 27.3 Å². The molecule has 0 saturated carbocycles. The van der Waals surface area contributed by atoms with Gasteiger partial charge in [-0.05, 0) is 57.4 Å². The largest absolute Gasteiger partial charge is 0.493 e. The molecular formula is C27H35N3O5S. The molecule has 0 unspecified atom stereocenters. The Hall–Kier alpha value is -3.04. The molecule has 194 valence electrons. The van der Waals surface area contributed by atoms with Gasteiger partial charge in [-0.3, -0.25) is 4.79 Å². The van der Waals surface area contributed by atoms with Gasteiger partial charge in [-0.1, -0.05) is 6.07 Å². The molecular weight excluding hydrogens is 478 g/mol. The number of carbonyl (C=O) groups excluding carboxylic acids is 1. The van der Waals surface area contributed by atoms with Crippen LogP contribution in [0.25, 0.3) is 21.2 Å². The molecule has 4 rings (SSSR count). The Morgan fingerprint density at radius 1 is 1.11 bits per heavy atom. The summed E-state index contributed by atoms with van der Waals surface area (Å²) in [6.45, 7) is 7.66. The fourth-order valence-electron chi connectivity index (χ4n) is 4.44. The smallest absolute Gasteiger partial charge is 0.410 e. The summed E-state index contributed by atoms with van der Waals surface area (Å²) in [5.74, 6) is 1.31. The SMILES string of the molecule is COc1ccc(-c2cn(C)c(=O)c3cc(CNC4CCN(C(=O)OC(C)(C)C)CC4)sc23)cc1OC. The number of aromatic nitrogens is 1. The quantitative estimate of drug-likeness (QED) is 0.511. The van der Waals surface area contributed by atoms with E-state index in [1.165, 1.54) is 0 Å². The maximum atomic E-state index is 12.9. The van der Waals surface area contributed by atoms with Crippen LogP contribution < -0.4 is 20.3 Å². The summed E-state index contributed by atoms with van der Waals surface area (Å²) < 4.78 is 18.9. The lowest BCUT2D eigenvalue weighted by molar-refractivity contribution is 0.0198. The lowest BCUT2D eigenvalue weighted by Crippen LogP contribution is -2.46. The third-order valence-corrected chi connectivity index (χ3v) is 7.48. The first-order chi connectivity index (χ1) is 17.1. The summed E-state index contributed by atoms with van der Waals surface area (Å²) in [7, 11) is 5.01. The number of thiophene rings is 1. The van der Waals surface area contributed by atoms with E-state index in [9.17, 15) is 9.59 Å². The molecule has 1 saturated heterocycles. The molecule has 8 nitrogen and oxygen atoms in total. The Bertz CT molecular complexity index is 1300. The van der Waals surface area contributed by atoms with Crippen molar-refractivity contribution in [2.24, 2.45) is 7.05 Å². The molecule has 1 N–H and O–H groups in total. The Kier molecular flexibility index (Phi) is 7.61. The van der Waals surface area contributed by atoms with Gasteiger partial charge in [0.25, 0.3) is 5.56 Å². The Labute approximate surface area is 215 Å². The highest BCUT2D eigenvalue weighted by Crippen LogP contribution is 2.37. The van der Waals surface area contributed by atoms with Crippen molar-refractivity contribution >= 4 is 27.5 Å². The van der Waals surface area contributed by atoms with E-state index in [4.69, 9.17) is 14.2 Å². The average Bonchev–Trinajstić information content (AvgIpc) is 3.28. The molecule has 3 aromatic rings. The third-order valence-electron chi connectivity index (χ3n) is 6.31. The van der Waals surface area contributed by atoms with Crippen LogP contribution in [-0.4, -0.2) is 54.5 Å². The van der Waals surface area contributed by atoms with Gasteiger partial charge < -0.3 is 29.0 Å². The van der Waals surface area contributed by atoms with Gasteiger partial charge in [-0.15, -0.1) is 11.3 Å². The van der Waals surface area contributed by atoms with E-state index in [0.29, 0.717) is 42.6 Å². The predicted octanol–water partition coefficient (Wildman–Crippen LogP) is 4.77. The number of amides is 1. The molecule has 1 aliphatic heterocycles. The number of nitrogens with zero attached hydrogens (tertiary/aromatic N) is 2. The first-order valence-corrected chi connectivity index (χ1v) is 13.0. The second kappa shape index (κ2) is 10.5. The lowest BCUT2D eigenvalue weighted by atomic mass is 10.1. The zero-order valence-corrected chi connectivity index (χ0v) is 22.7. The van der Waals surface area contributed by atoms with E-state index >= 15 is 0 Å². The minimum atomic E-state index is -0.486. The molecule has 9 heteroatoms. The number of likely N-dealkylation sites (tertiary alicyclic amines) is 1.